The van der Waals surface area contributed by atoms with Crippen LogP contribution >= 0.6 is 11.6 Å². The highest BCUT2D eigenvalue weighted by molar-refractivity contribution is 6.30. The molecule has 1 heterocycles. The van der Waals surface area contributed by atoms with Gasteiger partial charge in [-0.1, -0.05) is 11.6 Å². The van der Waals surface area contributed by atoms with E-state index in [1.807, 2.05) is 0 Å². The maximum atomic E-state index is 11.8. The van der Waals surface area contributed by atoms with Crippen LogP contribution in [-0.4, -0.2) is 23.2 Å². The SMILES string of the molecule is CC(Oc1ccc(Cl)cc1)C(=O)NN=Cc1ccncc1. The first-order chi connectivity index (χ1) is 10.1. The number of pyridine rings is 1. The number of benzene rings is 1. The van der Waals surface area contributed by atoms with Gasteiger partial charge in [-0.15, -0.1) is 0 Å². The Balaban J connectivity index is 1.85. The van der Waals surface area contributed by atoms with E-state index in [9.17, 15) is 4.79 Å². The van der Waals surface area contributed by atoms with Crippen molar-refractivity contribution in [1.29, 1.82) is 0 Å². The summed E-state index contributed by atoms with van der Waals surface area (Å²) in [5.74, 6) is 0.232. The first kappa shape index (κ1) is 15.0. The zero-order chi connectivity index (χ0) is 15.1. The molecule has 0 spiro atoms. The standard InChI is InChI=1S/C15H14ClN3O2/c1-11(21-14-4-2-13(16)3-5-14)15(20)19-18-10-12-6-8-17-9-7-12/h2-11H,1H3,(H,19,20). The number of amides is 1. The van der Waals surface area contributed by atoms with Crippen molar-refractivity contribution in [1.82, 2.24) is 10.4 Å². The third kappa shape index (κ3) is 4.89. The van der Waals surface area contributed by atoms with E-state index in [2.05, 4.69) is 15.5 Å². The lowest BCUT2D eigenvalue weighted by Crippen LogP contribution is -2.33. The van der Waals surface area contributed by atoms with E-state index in [1.165, 1.54) is 6.21 Å². The first-order valence-corrected chi connectivity index (χ1v) is 6.68. The fourth-order valence-corrected chi connectivity index (χ4v) is 1.61. The number of hydrazone groups is 1. The van der Waals surface area contributed by atoms with Crippen LogP contribution in [0.15, 0.2) is 53.9 Å². The molecule has 5 nitrogen and oxygen atoms in total. The molecule has 21 heavy (non-hydrogen) atoms. The summed E-state index contributed by atoms with van der Waals surface area (Å²) < 4.78 is 5.48. The second kappa shape index (κ2) is 7.40. The highest BCUT2D eigenvalue weighted by atomic mass is 35.5. The van der Waals surface area contributed by atoms with E-state index in [-0.39, 0.29) is 5.91 Å². The number of nitrogens with zero attached hydrogens (tertiary/aromatic N) is 2. The molecule has 1 N–H and O–H groups in total. The number of carbonyl (C=O) groups excluding carboxylic acids is 1. The molecule has 0 fully saturated rings. The Morgan fingerprint density at radius 1 is 1.29 bits per heavy atom. The van der Waals surface area contributed by atoms with E-state index < -0.39 is 6.10 Å². The molecule has 1 atom stereocenters. The molecule has 1 aromatic heterocycles. The molecule has 6 heteroatoms. The lowest BCUT2D eigenvalue weighted by atomic mass is 10.3. The second-order valence-corrected chi connectivity index (χ2v) is 4.67. The molecule has 0 radical (unpaired) electrons. The van der Waals surface area contributed by atoms with Gasteiger partial charge in [-0.25, -0.2) is 5.43 Å². The highest BCUT2D eigenvalue weighted by Gasteiger charge is 2.13. The number of nitrogens with one attached hydrogen (secondary N) is 1. The summed E-state index contributed by atoms with van der Waals surface area (Å²) >= 11 is 5.78. The summed E-state index contributed by atoms with van der Waals surface area (Å²) in [5.41, 5.74) is 3.27. The van der Waals surface area contributed by atoms with Gasteiger partial charge in [0.2, 0.25) is 0 Å². The van der Waals surface area contributed by atoms with Crippen molar-refractivity contribution in [2.24, 2.45) is 5.10 Å². The molecular formula is C15H14ClN3O2. The fraction of sp³-hybridized carbons (Fsp3) is 0.133. The van der Waals surface area contributed by atoms with Gasteiger partial charge in [-0.2, -0.15) is 5.10 Å². The molecule has 0 aliphatic heterocycles. The van der Waals surface area contributed by atoms with Gasteiger partial charge in [0, 0.05) is 17.4 Å². The molecule has 0 saturated heterocycles. The monoisotopic (exact) mass is 303 g/mol. The van der Waals surface area contributed by atoms with Gasteiger partial charge in [-0.3, -0.25) is 9.78 Å². The first-order valence-electron chi connectivity index (χ1n) is 6.30. The molecule has 0 saturated carbocycles. The average molecular weight is 304 g/mol. The molecule has 0 aliphatic rings. The predicted octanol–water partition coefficient (Wildman–Crippen LogP) is 2.65. The lowest BCUT2D eigenvalue weighted by molar-refractivity contribution is -0.127. The van der Waals surface area contributed by atoms with Crippen molar-refractivity contribution in [3.8, 4) is 5.75 Å². The minimum atomic E-state index is -0.666. The number of rotatable bonds is 5. The molecule has 108 valence electrons. The van der Waals surface area contributed by atoms with Gasteiger partial charge in [-0.05, 0) is 48.9 Å². The Bertz CT molecular complexity index is 615. The zero-order valence-corrected chi connectivity index (χ0v) is 12.1. The zero-order valence-electron chi connectivity index (χ0n) is 11.4. The molecule has 0 aliphatic carbocycles. The maximum Gasteiger partial charge on any atom is 0.280 e. The largest absolute Gasteiger partial charge is 0.481 e. The number of halogens is 1. The molecular weight excluding hydrogens is 290 g/mol. The van der Waals surface area contributed by atoms with Crippen molar-refractivity contribution in [3.05, 3.63) is 59.4 Å². The number of aromatic nitrogens is 1. The number of hydrogen-bond donors (Lipinski definition) is 1. The average Bonchev–Trinajstić information content (AvgIpc) is 2.50. The summed E-state index contributed by atoms with van der Waals surface area (Å²) in [4.78, 5) is 15.7. The van der Waals surface area contributed by atoms with Crippen LogP contribution in [0.3, 0.4) is 0 Å². The van der Waals surface area contributed by atoms with Crippen molar-refractivity contribution in [3.63, 3.8) is 0 Å². The summed E-state index contributed by atoms with van der Waals surface area (Å²) in [6.45, 7) is 1.64. The van der Waals surface area contributed by atoms with Crippen LogP contribution in [0.25, 0.3) is 0 Å². The fourth-order valence-electron chi connectivity index (χ4n) is 1.48. The number of ether oxygens (including phenoxy) is 1. The van der Waals surface area contributed by atoms with Crippen LogP contribution in [0.4, 0.5) is 0 Å². The topological polar surface area (TPSA) is 63.6 Å². The minimum Gasteiger partial charge on any atom is -0.481 e. The van der Waals surface area contributed by atoms with Crippen LogP contribution in [0.5, 0.6) is 5.75 Å². The summed E-state index contributed by atoms with van der Waals surface area (Å²) in [6.07, 6.45) is 4.17. The smallest absolute Gasteiger partial charge is 0.280 e. The van der Waals surface area contributed by atoms with Crippen LogP contribution in [0, 0.1) is 0 Å². The van der Waals surface area contributed by atoms with E-state index >= 15 is 0 Å². The van der Waals surface area contributed by atoms with Crippen LogP contribution in [-0.2, 0) is 4.79 Å². The predicted molar refractivity (Wildman–Crippen MR) is 81.5 cm³/mol. The molecule has 1 aromatic carbocycles. The number of hydrogen-bond acceptors (Lipinski definition) is 4. The van der Waals surface area contributed by atoms with E-state index in [1.54, 1.807) is 55.7 Å². The van der Waals surface area contributed by atoms with E-state index in [0.29, 0.717) is 10.8 Å². The van der Waals surface area contributed by atoms with Crippen LogP contribution in [0.1, 0.15) is 12.5 Å². The summed E-state index contributed by atoms with van der Waals surface area (Å²) in [6, 6.07) is 10.4. The molecule has 0 bridgehead atoms. The van der Waals surface area contributed by atoms with Crippen molar-refractivity contribution < 1.29 is 9.53 Å². The third-order valence-corrected chi connectivity index (χ3v) is 2.84. The Hall–Kier alpha value is -2.40. The third-order valence-electron chi connectivity index (χ3n) is 2.59. The van der Waals surface area contributed by atoms with E-state index in [4.69, 9.17) is 16.3 Å². The van der Waals surface area contributed by atoms with E-state index in [0.717, 1.165) is 5.56 Å². The highest BCUT2D eigenvalue weighted by Crippen LogP contribution is 2.16. The van der Waals surface area contributed by atoms with Crippen molar-refractivity contribution >= 4 is 23.7 Å². The minimum absolute atomic E-state index is 0.338. The Morgan fingerprint density at radius 2 is 1.95 bits per heavy atom. The molecule has 1 amide bonds. The van der Waals surface area contributed by atoms with Crippen LogP contribution in [0.2, 0.25) is 5.02 Å². The second-order valence-electron chi connectivity index (χ2n) is 4.23. The maximum absolute atomic E-state index is 11.8. The van der Waals surface area contributed by atoms with Gasteiger partial charge in [0.1, 0.15) is 5.75 Å². The quantitative estimate of drug-likeness (QED) is 0.682. The summed E-state index contributed by atoms with van der Waals surface area (Å²) in [7, 11) is 0. The lowest BCUT2D eigenvalue weighted by Gasteiger charge is -2.12. The summed E-state index contributed by atoms with van der Waals surface area (Å²) in [5, 5.41) is 4.48. The van der Waals surface area contributed by atoms with Crippen molar-refractivity contribution in [2.75, 3.05) is 0 Å². The normalized spacial score (nSPS) is 12.1. The Morgan fingerprint density at radius 3 is 2.62 bits per heavy atom. The number of carbonyl (C=O) groups is 1. The Kier molecular flexibility index (Phi) is 5.29. The van der Waals surface area contributed by atoms with Gasteiger partial charge in [0.05, 0.1) is 6.21 Å². The van der Waals surface area contributed by atoms with Crippen LogP contribution < -0.4 is 10.2 Å². The molecule has 1 unspecified atom stereocenters. The van der Waals surface area contributed by atoms with Gasteiger partial charge >= 0.3 is 0 Å². The molecule has 2 rings (SSSR count). The van der Waals surface area contributed by atoms with Gasteiger partial charge in [0.15, 0.2) is 6.10 Å². The van der Waals surface area contributed by atoms with Crippen molar-refractivity contribution in [2.45, 2.75) is 13.0 Å². The molecule has 2 aromatic rings. The van der Waals surface area contributed by atoms with Gasteiger partial charge < -0.3 is 4.74 Å². The Labute approximate surface area is 127 Å². The van der Waals surface area contributed by atoms with Gasteiger partial charge in [0.25, 0.3) is 5.91 Å².